The van der Waals surface area contributed by atoms with E-state index in [1.54, 1.807) is 0 Å². The zero-order valence-electron chi connectivity index (χ0n) is 17.9. The van der Waals surface area contributed by atoms with E-state index < -0.39 is 0 Å². The second kappa shape index (κ2) is 7.94. The first-order valence-corrected chi connectivity index (χ1v) is 10.2. The highest BCUT2D eigenvalue weighted by atomic mass is 16.2. The normalized spacial score (nSPS) is 21.0. The number of carbonyl (C=O) groups is 1. The Kier molecular flexibility index (Phi) is 5.78. The second-order valence-electron chi connectivity index (χ2n) is 8.84. The largest absolute Gasteiger partial charge is 0.365 e. The summed E-state index contributed by atoms with van der Waals surface area (Å²) in [4.78, 5) is 19.6. The van der Waals surface area contributed by atoms with Gasteiger partial charge in [0.2, 0.25) is 0 Å². The topological polar surface area (TPSA) is 44.7 Å². The van der Waals surface area contributed by atoms with Crippen molar-refractivity contribution in [3.05, 3.63) is 57.9 Å². The molecule has 1 heterocycles. The van der Waals surface area contributed by atoms with E-state index in [9.17, 15) is 4.79 Å². The second-order valence-corrected chi connectivity index (χ2v) is 8.84. The molecule has 1 saturated heterocycles. The Balaban J connectivity index is 1.80. The van der Waals surface area contributed by atoms with Crippen LogP contribution in [0.25, 0.3) is 0 Å². The molecule has 1 N–H and O–H groups in total. The van der Waals surface area contributed by atoms with Gasteiger partial charge in [-0.2, -0.15) is 0 Å². The lowest BCUT2D eigenvalue weighted by Gasteiger charge is -2.23. The average molecular weight is 380 g/mol. The Hall–Kier alpha value is -2.36. The highest BCUT2D eigenvalue weighted by Gasteiger charge is 2.38. The molecule has 1 aromatic rings. The van der Waals surface area contributed by atoms with Gasteiger partial charge in [0.1, 0.15) is 5.82 Å². The Morgan fingerprint density at radius 1 is 1.29 bits per heavy atom. The summed E-state index contributed by atoms with van der Waals surface area (Å²) in [6, 6.07) is 8.65. The number of rotatable bonds is 6. The molecule has 2 fully saturated rings. The van der Waals surface area contributed by atoms with Crippen molar-refractivity contribution in [1.29, 1.82) is 0 Å². The quantitative estimate of drug-likeness (QED) is 0.441. The van der Waals surface area contributed by atoms with Crippen LogP contribution in [-0.2, 0) is 4.79 Å². The zero-order chi connectivity index (χ0) is 20.5. The third-order valence-electron chi connectivity index (χ3n) is 6.01. The first kappa shape index (κ1) is 20.4. The number of nitrogens with zero attached hydrogens (tertiary/aromatic N) is 2. The van der Waals surface area contributed by atoms with E-state index in [0.717, 1.165) is 54.9 Å². The minimum atomic E-state index is 0.0947. The van der Waals surface area contributed by atoms with Crippen molar-refractivity contribution in [3.63, 3.8) is 0 Å². The molecular weight excluding hydrogens is 346 g/mol. The number of allylic oxidation sites excluding steroid dienone is 1. The molecule has 0 radical (unpaired) electrons. The van der Waals surface area contributed by atoms with E-state index in [4.69, 9.17) is 0 Å². The maximum atomic E-state index is 13.4. The van der Waals surface area contributed by atoms with Crippen LogP contribution in [0.3, 0.4) is 0 Å². The van der Waals surface area contributed by atoms with E-state index in [1.165, 1.54) is 11.1 Å². The average Bonchev–Trinajstić information content (AvgIpc) is 3.18. The summed E-state index contributed by atoms with van der Waals surface area (Å²) in [7, 11) is 0. The molecule has 0 spiro atoms. The van der Waals surface area contributed by atoms with Crippen LogP contribution in [0.1, 0.15) is 64.0 Å². The van der Waals surface area contributed by atoms with Gasteiger partial charge in [0.25, 0.3) is 5.91 Å². The Labute approximate surface area is 169 Å². The van der Waals surface area contributed by atoms with Crippen LogP contribution in [0.5, 0.6) is 0 Å². The molecule has 0 aromatic heterocycles. The Morgan fingerprint density at radius 2 is 2.00 bits per heavy atom. The number of aryl methyl sites for hydroxylation is 1. The third kappa shape index (κ3) is 4.37. The van der Waals surface area contributed by atoms with Crippen molar-refractivity contribution in [2.24, 2.45) is 4.99 Å². The van der Waals surface area contributed by atoms with E-state index >= 15 is 0 Å². The molecular formula is C24H33N3O. The van der Waals surface area contributed by atoms with Crippen LogP contribution >= 0.6 is 0 Å². The summed E-state index contributed by atoms with van der Waals surface area (Å²) >= 11 is 0. The van der Waals surface area contributed by atoms with Crippen LogP contribution in [-0.4, -0.2) is 36.2 Å². The van der Waals surface area contributed by atoms with Gasteiger partial charge in [-0.1, -0.05) is 35.4 Å². The third-order valence-corrected chi connectivity index (χ3v) is 6.01. The molecule has 1 aromatic carbocycles. The standard InChI is InChI=1S/C24H33N3O/c1-16(2)21(18(4)22(25-6)26-24(5)11-12-24)23(28)27-13-10-20(15-27)19-9-7-8-17(3)14-19/h7-9,14,20,26H,6,10-13,15H2,1-5H3/b22-18-. The fourth-order valence-corrected chi connectivity index (χ4v) is 4.02. The Bertz CT molecular complexity index is 841. The Morgan fingerprint density at radius 3 is 2.57 bits per heavy atom. The van der Waals surface area contributed by atoms with Gasteiger partial charge in [-0.05, 0) is 66.2 Å². The first-order valence-electron chi connectivity index (χ1n) is 10.2. The number of likely N-dealkylation sites (tertiary alicyclic amines) is 1. The number of benzene rings is 1. The maximum Gasteiger partial charge on any atom is 0.254 e. The van der Waals surface area contributed by atoms with Gasteiger partial charge in [-0.25, -0.2) is 4.99 Å². The summed E-state index contributed by atoms with van der Waals surface area (Å²) < 4.78 is 0. The van der Waals surface area contributed by atoms with Gasteiger partial charge in [0.15, 0.2) is 0 Å². The van der Waals surface area contributed by atoms with Gasteiger partial charge in [-0.15, -0.1) is 0 Å². The minimum absolute atomic E-state index is 0.0947. The summed E-state index contributed by atoms with van der Waals surface area (Å²) in [6.45, 7) is 15.6. The van der Waals surface area contributed by atoms with Crippen LogP contribution in [0, 0.1) is 6.92 Å². The van der Waals surface area contributed by atoms with Crippen LogP contribution in [0.15, 0.2) is 51.8 Å². The summed E-state index contributed by atoms with van der Waals surface area (Å²) in [5, 5.41) is 3.48. The highest BCUT2D eigenvalue weighted by molar-refractivity contribution is 5.98. The monoisotopic (exact) mass is 379 g/mol. The summed E-state index contributed by atoms with van der Waals surface area (Å²) in [5.41, 5.74) is 5.38. The van der Waals surface area contributed by atoms with E-state index in [2.05, 4.69) is 55.1 Å². The molecule has 1 saturated carbocycles. The lowest BCUT2D eigenvalue weighted by molar-refractivity contribution is -0.125. The molecule has 1 aliphatic heterocycles. The van der Waals surface area contributed by atoms with Gasteiger partial charge < -0.3 is 10.2 Å². The molecule has 3 rings (SSSR count). The van der Waals surface area contributed by atoms with Gasteiger partial charge in [-0.3, -0.25) is 4.79 Å². The van der Waals surface area contributed by atoms with Crippen LogP contribution in [0.2, 0.25) is 0 Å². The van der Waals surface area contributed by atoms with Gasteiger partial charge in [0.05, 0.1) is 0 Å². The molecule has 1 atom stereocenters. The van der Waals surface area contributed by atoms with Crippen molar-refractivity contribution < 1.29 is 4.79 Å². The zero-order valence-corrected chi connectivity index (χ0v) is 17.9. The molecule has 1 aliphatic carbocycles. The van der Waals surface area contributed by atoms with Crippen LogP contribution in [0.4, 0.5) is 0 Å². The maximum absolute atomic E-state index is 13.4. The number of amides is 1. The fraction of sp³-hybridized carbons (Fsp3) is 0.500. The highest BCUT2D eigenvalue weighted by Crippen LogP contribution is 2.37. The number of hydrogen-bond donors (Lipinski definition) is 1. The number of carbonyl (C=O) groups excluding carboxylic acids is 1. The fourth-order valence-electron chi connectivity index (χ4n) is 4.02. The molecule has 28 heavy (non-hydrogen) atoms. The lowest BCUT2D eigenvalue weighted by atomic mass is 9.97. The van der Waals surface area contributed by atoms with Crippen molar-refractivity contribution >= 4 is 12.6 Å². The predicted octanol–water partition coefficient (Wildman–Crippen LogP) is 4.72. The number of hydrogen-bond acceptors (Lipinski definition) is 3. The smallest absolute Gasteiger partial charge is 0.254 e. The van der Waals surface area contributed by atoms with Crippen molar-refractivity contribution in [3.8, 4) is 0 Å². The molecule has 2 aliphatic rings. The lowest BCUT2D eigenvalue weighted by Crippen LogP contribution is -2.32. The predicted molar refractivity (Wildman–Crippen MR) is 117 cm³/mol. The SMILES string of the molecule is C=N/C(NC1(C)CC1)=C(\C)C(C(=O)N1CCC(c2cccc(C)c2)C1)=C(C)C. The van der Waals surface area contributed by atoms with Crippen LogP contribution < -0.4 is 5.32 Å². The molecule has 0 bridgehead atoms. The van der Waals surface area contributed by atoms with Gasteiger partial charge >= 0.3 is 0 Å². The first-order chi connectivity index (χ1) is 13.2. The van der Waals surface area contributed by atoms with Gasteiger partial charge in [0, 0.05) is 35.7 Å². The molecule has 1 unspecified atom stereocenters. The summed E-state index contributed by atoms with van der Waals surface area (Å²) in [5.74, 6) is 1.25. The van der Waals surface area contributed by atoms with E-state index in [-0.39, 0.29) is 11.4 Å². The molecule has 4 nitrogen and oxygen atoms in total. The molecule has 1 amide bonds. The molecule has 4 heteroatoms. The number of aliphatic imine (C=N–C) groups is 1. The van der Waals surface area contributed by atoms with Crippen molar-refractivity contribution in [2.45, 2.75) is 65.3 Å². The van der Waals surface area contributed by atoms with Crippen molar-refractivity contribution in [1.82, 2.24) is 10.2 Å². The summed E-state index contributed by atoms with van der Waals surface area (Å²) in [6.07, 6.45) is 3.26. The molecule has 150 valence electrons. The van der Waals surface area contributed by atoms with Crippen molar-refractivity contribution in [2.75, 3.05) is 13.1 Å². The minimum Gasteiger partial charge on any atom is -0.365 e. The van der Waals surface area contributed by atoms with E-state index in [0.29, 0.717) is 5.92 Å². The van der Waals surface area contributed by atoms with E-state index in [1.807, 2.05) is 25.7 Å². The number of nitrogens with one attached hydrogen (secondary N) is 1.